The van der Waals surface area contributed by atoms with Crippen molar-refractivity contribution in [3.63, 3.8) is 0 Å². The summed E-state index contributed by atoms with van der Waals surface area (Å²) in [4.78, 5) is 5.22. The molecular formula is C17H12FN3S. The van der Waals surface area contributed by atoms with Crippen molar-refractivity contribution in [3.05, 3.63) is 58.7 Å². The van der Waals surface area contributed by atoms with Gasteiger partial charge in [-0.15, -0.1) is 11.3 Å². The van der Waals surface area contributed by atoms with Gasteiger partial charge in [0.05, 0.1) is 5.69 Å². The van der Waals surface area contributed by atoms with Crippen molar-refractivity contribution >= 4 is 17.2 Å². The average molecular weight is 309 g/mol. The Balaban J connectivity index is 2.26. The van der Waals surface area contributed by atoms with Gasteiger partial charge in [-0.1, -0.05) is 12.1 Å². The molecule has 0 spiro atoms. The highest BCUT2D eigenvalue weighted by Gasteiger charge is 2.15. The normalized spacial score (nSPS) is 10.4. The molecular weight excluding hydrogens is 297 g/mol. The van der Waals surface area contributed by atoms with Gasteiger partial charge in [0.2, 0.25) is 0 Å². The van der Waals surface area contributed by atoms with E-state index in [0.29, 0.717) is 16.8 Å². The maximum atomic E-state index is 13.4. The number of hydrogen-bond donors (Lipinski definition) is 1. The number of hydrogen-bond acceptors (Lipinski definition) is 4. The topological polar surface area (TPSA) is 62.7 Å². The van der Waals surface area contributed by atoms with Crippen LogP contribution in [0.4, 0.5) is 10.2 Å². The molecule has 108 valence electrons. The Bertz CT molecular complexity index is 893. The minimum Gasteiger partial charge on any atom is -0.383 e. The number of pyridine rings is 1. The molecule has 0 aliphatic carbocycles. The van der Waals surface area contributed by atoms with Crippen molar-refractivity contribution in [2.24, 2.45) is 0 Å². The number of aryl methyl sites for hydroxylation is 1. The Morgan fingerprint density at radius 3 is 2.73 bits per heavy atom. The number of aromatic nitrogens is 1. The third kappa shape index (κ3) is 2.45. The third-order valence-electron chi connectivity index (χ3n) is 3.39. The molecule has 2 heterocycles. The summed E-state index contributed by atoms with van der Waals surface area (Å²) < 4.78 is 13.4. The number of halogens is 1. The van der Waals surface area contributed by atoms with Gasteiger partial charge < -0.3 is 5.73 Å². The average Bonchev–Trinajstić information content (AvgIpc) is 2.92. The Kier molecular flexibility index (Phi) is 3.61. The van der Waals surface area contributed by atoms with E-state index in [2.05, 4.69) is 11.1 Å². The minimum absolute atomic E-state index is 0.159. The Morgan fingerprint density at radius 1 is 1.27 bits per heavy atom. The molecule has 3 rings (SSSR count). The van der Waals surface area contributed by atoms with Crippen molar-refractivity contribution in [2.45, 2.75) is 6.92 Å². The quantitative estimate of drug-likeness (QED) is 0.764. The van der Waals surface area contributed by atoms with Crippen LogP contribution in [0.3, 0.4) is 0 Å². The first-order chi connectivity index (χ1) is 10.6. The summed E-state index contributed by atoms with van der Waals surface area (Å²) in [5, 5.41) is 11.3. The molecule has 0 bridgehead atoms. The predicted molar refractivity (Wildman–Crippen MR) is 86.8 cm³/mol. The molecule has 3 aromatic rings. The maximum Gasteiger partial charge on any atom is 0.142 e. The molecule has 3 nitrogen and oxygen atoms in total. The zero-order valence-electron chi connectivity index (χ0n) is 11.8. The van der Waals surface area contributed by atoms with Crippen molar-refractivity contribution in [3.8, 4) is 27.8 Å². The molecule has 2 N–H and O–H groups in total. The molecule has 0 atom stereocenters. The van der Waals surface area contributed by atoms with Crippen LogP contribution in [0.25, 0.3) is 21.7 Å². The van der Waals surface area contributed by atoms with Crippen LogP contribution in [0.15, 0.2) is 41.8 Å². The van der Waals surface area contributed by atoms with E-state index in [0.717, 1.165) is 16.0 Å². The van der Waals surface area contributed by atoms with E-state index in [4.69, 9.17) is 5.73 Å². The van der Waals surface area contributed by atoms with Gasteiger partial charge >= 0.3 is 0 Å². The van der Waals surface area contributed by atoms with E-state index >= 15 is 0 Å². The zero-order chi connectivity index (χ0) is 15.7. The molecule has 0 unspecified atom stereocenters. The van der Waals surface area contributed by atoms with Crippen LogP contribution in [0, 0.1) is 24.1 Å². The molecule has 22 heavy (non-hydrogen) atoms. The fourth-order valence-electron chi connectivity index (χ4n) is 2.31. The van der Waals surface area contributed by atoms with Crippen molar-refractivity contribution < 1.29 is 4.39 Å². The van der Waals surface area contributed by atoms with E-state index in [1.54, 1.807) is 18.2 Å². The van der Waals surface area contributed by atoms with E-state index in [-0.39, 0.29) is 11.6 Å². The van der Waals surface area contributed by atoms with Gasteiger partial charge in [-0.25, -0.2) is 9.37 Å². The van der Waals surface area contributed by atoms with Gasteiger partial charge in [0.1, 0.15) is 23.3 Å². The maximum absolute atomic E-state index is 13.4. The number of thiophene rings is 1. The van der Waals surface area contributed by atoms with Crippen molar-refractivity contribution in [1.82, 2.24) is 4.98 Å². The summed E-state index contributed by atoms with van der Waals surface area (Å²) in [7, 11) is 0. The molecule has 0 aliphatic heterocycles. The smallest absolute Gasteiger partial charge is 0.142 e. The summed E-state index contributed by atoms with van der Waals surface area (Å²) in [6, 6.07) is 12.1. The van der Waals surface area contributed by atoms with Crippen LogP contribution in [0.2, 0.25) is 0 Å². The first-order valence-corrected chi connectivity index (χ1v) is 7.49. The van der Waals surface area contributed by atoms with Gasteiger partial charge in [-0.05, 0) is 42.1 Å². The number of nitrogens with two attached hydrogens (primary N) is 1. The Hall–Kier alpha value is -2.71. The van der Waals surface area contributed by atoms with Crippen LogP contribution in [-0.2, 0) is 0 Å². The van der Waals surface area contributed by atoms with Gasteiger partial charge in [-0.2, -0.15) is 5.26 Å². The molecule has 0 radical (unpaired) electrons. The molecule has 0 saturated carbocycles. The van der Waals surface area contributed by atoms with E-state index in [1.165, 1.54) is 23.5 Å². The van der Waals surface area contributed by atoms with Crippen LogP contribution < -0.4 is 5.73 Å². The first-order valence-electron chi connectivity index (χ1n) is 6.61. The van der Waals surface area contributed by atoms with E-state index in [1.807, 2.05) is 18.4 Å². The molecule has 0 aliphatic rings. The van der Waals surface area contributed by atoms with E-state index in [9.17, 15) is 9.65 Å². The zero-order valence-corrected chi connectivity index (χ0v) is 12.6. The second-order valence-corrected chi connectivity index (χ2v) is 5.79. The lowest BCUT2D eigenvalue weighted by atomic mass is 10.0. The highest BCUT2D eigenvalue weighted by Crippen LogP contribution is 2.36. The number of anilines is 1. The summed E-state index contributed by atoms with van der Waals surface area (Å²) in [6.45, 7) is 1.98. The lowest BCUT2D eigenvalue weighted by Gasteiger charge is -2.09. The summed E-state index contributed by atoms with van der Waals surface area (Å²) in [6.07, 6.45) is 0. The molecule has 1 aromatic carbocycles. The summed E-state index contributed by atoms with van der Waals surface area (Å²) in [5.74, 6) is -0.178. The molecule has 0 saturated heterocycles. The number of rotatable bonds is 2. The molecule has 2 aromatic heterocycles. The lowest BCUT2D eigenvalue weighted by Crippen LogP contribution is -1.99. The van der Waals surface area contributed by atoms with Gasteiger partial charge in [0.25, 0.3) is 0 Å². The van der Waals surface area contributed by atoms with Crippen molar-refractivity contribution in [2.75, 3.05) is 5.73 Å². The summed E-state index contributed by atoms with van der Waals surface area (Å²) >= 11 is 1.54. The number of nitrogens with zero attached hydrogens (tertiary/aromatic N) is 2. The fourth-order valence-corrected chi connectivity index (χ4v) is 3.26. The third-order valence-corrected chi connectivity index (χ3v) is 4.44. The highest BCUT2D eigenvalue weighted by molar-refractivity contribution is 7.13. The largest absolute Gasteiger partial charge is 0.383 e. The van der Waals surface area contributed by atoms with Crippen molar-refractivity contribution in [1.29, 1.82) is 5.26 Å². The second-order valence-electron chi connectivity index (χ2n) is 4.87. The number of nitrogen functional groups attached to an aromatic ring is 1. The number of benzene rings is 1. The van der Waals surface area contributed by atoms with Gasteiger partial charge in [0.15, 0.2) is 0 Å². The van der Waals surface area contributed by atoms with Crippen LogP contribution in [0.5, 0.6) is 0 Å². The SMILES string of the molecule is Cc1ccsc1-c1cc(-c2cccc(F)c2)nc(N)c1C#N. The second kappa shape index (κ2) is 5.58. The minimum atomic E-state index is -0.337. The van der Waals surface area contributed by atoms with Gasteiger partial charge in [0, 0.05) is 16.0 Å². The number of nitriles is 1. The summed E-state index contributed by atoms with van der Waals surface area (Å²) in [5.41, 5.74) is 9.28. The molecule has 0 fully saturated rings. The predicted octanol–water partition coefficient (Wildman–Crippen LogP) is 4.38. The highest BCUT2D eigenvalue weighted by atomic mass is 32.1. The molecule has 5 heteroatoms. The van der Waals surface area contributed by atoms with E-state index < -0.39 is 0 Å². The van der Waals surface area contributed by atoms with Crippen LogP contribution >= 0.6 is 11.3 Å². The van der Waals surface area contributed by atoms with Crippen LogP contribution in [0.1, 0.15) is 11.1 Å². The molecule has 0 amide bonds. The van der Waals surface area contributed by atoms with Crippen LogP contribution in [-0.4, -0.2) is 4.98 Å². The monoisotopic (exact) mass is 309 g/mol. The Morgan fingerprint density at radius 2 is 2.09 bits per heavy atom. The van der Waals surface area contributed by atoms with Gasteiger partial charge in [-0.3, -0.25) is 0 Å². The fraction of sp³-hybridized carbons (Fsp3) is 0.0588. The lowest BCUT2D eigenvalue weighted by molar-refractivity contribution is 0.628. The first kappa shape index (κ1) is 14.2. The Labute approximate surface area is 131 Å². The standard InChI is InChI=1S/C17H12FN3S/c1-10-5-6-22-16(10)13-8-15(21-17(20)14(13)9-19)11-3-2-4-12(18)7-11/h2-8H,1H3,(H2,20,21).